The van der Waals surface area contributed by atoms with Crippen LogP contribution in [0.15, 0.2) is 59.3 Å². The number of hydrogen-bond acceptors (Lipinski definition) is 4. The second-order valence-electron chi connectivity index (χ2n) is 4.53. The summed E-state index contributed by atoms with van der Waals surface area (Å²) < 4.78 is 2.05. The van der Waals surface area contributed by atoms with Gasteiger partial charge in [0.15, 0.2) is 5.84 Å². The molecule has 0 spiro atoms. The summed E-state index contributed by atoms with van der Waals surface area (Å²) in [4.78, 5) is 8.00. The SMILES string of the molecule is Cn1cc(/C=N/N=C(/N)c2cnccn2)c2ccccc21. The number of para-hydroxylation sites is 1. The molecule has 1 aromatic carbocycles. The van der Waals surface area contributed by atoms with Crippen LogP contribution in [0.5, 0.6) is 0 Å². The van der Waals surface area contributed by atoms with Crippen LogP contribution in [0.2, 0.25) is 0 Å². The molecule has 2 heterocycles. The van der Waals surface area contributed by atoms with Crippen LogP contribution >= 0.6 is 0 Å². The molecule has 0 aliphatic heterocycles. The third-order valence-electron chi connectivity index (χ3n) is 3.12. The summed E-state index contributed by atoms with van der Waals surface area (Å²) in [6.07, 6.45) is 8.38. The molecule has 3 aromatic rings. The molecule has 0 saturated heterocycles. The monoisotopic (exact) mass is 278 g/mol. The maximum atomic E-state index is 5.81. The third-order valence-corrected chi connectivity index (χ3v) is 3.12. The fourth-order valence-electron chi connectivity index (χ4n) is 2.11. The highest BCUT2D eigenvalue weighted by atomic mass is 15.2. The molecule has 0 amide bonds. The first kappa shape index (κ1) is 13.0. The maximum Gasteiger partial charge on any atom is 0.173 e. The number of rotatable bonds is 3. The van der Waals surface area contributed by atoms with Gasteiger partial charge in [0.25, 0.3) is 0 Å². The predicted molar refractivity (Wildman–Crippen MR) is 83.3 cm³/mol. The summed E-state index contributed by atoms with van der Waals surface area (Å²) >= 11 is 0. The molecule has 6 nitrogen and oxygen atoms in total. The molecule has 2 N–H and O–H groups in total. The molecule has 0 bridgehead atoms. The average Bonchev–Trinajstić information content (AvgIpc) is 2.85. The first-order chi connectivity index (χ1) is 10.3. The number of benzene rings is 1. The van der Waals surface area contributed by atoms with Crippen molar-refractivity contribution >= 4 is 23.0 Å². The quantitative estimate of drug-likeness (QED) is 0.450. The highest BCUT2D eigenvalue weighted by molar-refractivity contribution is 6.00. The first-order valence-corrected chi connectivity index (χ1v) is 6.42. The second kappa shape index (κ2) is 5.54. The number of nitrogens with zero attached hydrogens (tertiary/aromatic N) is 5. The van der Waals surface area contributed by atoms with Crippen molar-refractivity contribution in [2.45, 2.75) is 0 Å². The second-order valence-corrected chi connectivity index (χ2v) is 4.53. The van der Waals surface area contributed by atoms with E-state index in [1.54, 1.807) is 24.8 Å². The van der Waals surface area contributed by atoms with Crippen molar-refractivity contribution in [3.63, 3.8) is 0 Å². The van der Waals surface area contributed by atoms with Gasteiger partial charge in [0.2, 0.25) is 0 Å². The van der Waals surface area contributed by atoms with E-state index in [0.717, 1.165) is 16.5 Å². The maximum absolute atomic E-state index is 5.81. The third kappa shape index (κ3) is 2.64. The molecule has 104 valence electrons. The molecule has 0 radical (unpaired) electrons. The molecule has 2 aromatic heterocycles. The van der Waals surface area contributed by atoms with Gasteiger partial charge < -0.3 is 10.3 Å². The summed E-state index contributed by atoms with van der Waals surface area (Å²) in [5, 5.41) is 9.12. The van der Waals surface area contributed by atoms with Gasteiger partial charge in [-0.3, -0.25) is 4.98 Å². The van der Waals surface area contributed by atoms with Crippen LogP contribution < -0.4 is 5.73 Å². The van der Waals surface area contributed by atoms with E-state index in [1.807, 2.05) is 36.0 Å². The number of nitrogens with two attached hydrogens (primary N) is 1. The zero-order valence-corrected chi connectivity index (χ0v) is 11.5. The van der Waals surface area contributed by atoms with Crippen LogP contribution in [0, 0.1) is 0 Å². The van der Waals surface area contributed by atoms with Gasteiger partial charge in [-0.2, -0.15) is 5.10 Å². The lowest BCUT2D eigenvalue weighted by molar-refractivity contribution is 0.968. The average molecular weight is 278 g/mol. The molecular weight excluding hydrogens is 264 g/mol. The van der Waals surface area contributed by atoms with Gasteiger partial charge in [-0.05, 0) is 6.07 Å². The number of aryl methyl sites for hydroxylation is 1. The number of aromatic nitrogens is 3. The summed E-state index contributed by atoms with van der Waals surface area (Å²) in [6.45, 7) is 0. The van der Waals surface area contributed by atoms with Gasteiger partial charge in [-0.1, -0.05) is 18.2 Å². The zero-order chi connectivity index (χ0) is 14.7. The molecule has 6 heteroatoms. The molecule has 0 saturated carbocycles. The highest BCUT2D eigenvalue weighted by Crippen LogP contribution is 2.18. The Hall–Kier alpha value is -3.02. The van der Waals surface area contributed by atoms with E-state index < -0.39 is 0 Å². The number of amidine groups is 1. The smallest absolute Gasteiger partial charge is 0.173 e. The number of hydrogen-bond donors (Lipinski definition) is 1. The molecule has 0 aliphatic carbocycles. The normalized spacial score (nSPS) is 12.3. The minimum absolute atomic E-state index is 0.236. The molecular formula is C15H14N6. The Bertz CT molecular complexity index is 817. The lowest BCUT2D eigenvalue weighted by Gasteiger charge is -1.94. The van der Waals surface area contributed by atoms with Gasteiger partial charge >= 0.3 is 0 Å². The van der Waals surface area contributed by atoms with Crippen LogP contribution in [0.25, 0.3) is 10.9 Å². The van der Waals surface area contributed by atoms with Gasteiger partial charge in [-0.15, -0.1) is 5.10 Å². The van der Waals surface area contributed by atoms with E-state index in [-0.39, 0.29) is 5.84 Å². The van der Waals surface area contributed by atoms with E-state index in [1.165, 1.54) is 0 Å². The van der Waals surface area contributed by atoms with E-state index in [0.29, 0.717) is 5.69 Å². The first-order valence-electron chi connectivity index (χ1n) is 6.42. The van der Waals surface area contributed by atoms with Gasteiger partial charge in [0.1, 0.15) is 5.69 Å². The lowest BCUT2D eigenvalue weighted by Crippen LogP contribution is -2.14. The van der Waals surface area contributed by atoms with E-state index in [9.17, 15) is 0 Å². The topological polar surface area (TPSA) is 81.5 Å². The fraction of sp³-hybridized carbons (Fsp3) is 0.0667. The van der Waals surface area contributed by atoms with Crippen molar-refractivity contribution in [1.29, 1.82) is 0 Å². The Labute approximate surface area is 121 Å². The minimum atomic E-state index is 0.236. The van der Waals surface area contributed by atoms with Crippen LogP contribution in [0.1, 0.15) is 11.3 Å². The van der Waals surface area contributed by atoms with E-state index in [2.05, 4.69) is 26.2 Å². The Morgan fingerprint density at radius 2 is 2.14 bits per heavy atom. The van der Waals surface area contributed by atoms with Crippen LogP contribution in [0.3, 0.4) is 0 Å². The number of fused-ring (bicyclic) bond motifs is 1. The molecule has 21 heavy (non-hydrogen) atoms. The molecule has 0 unspecified atom stereocenters. The van der Waals surface area contributed by atoms with Crippen molar-refractivity contribution in [1.82, 2.24) is 14.5 Å². The molecule has 3 rings (SSSR count). The molecule has 0 fully saturated rings. The fourth-order valence-corrected chi connectivity index (χ4v) is 2.11. The summed E-state index contributed by atoms with van der Waals surface area (Å²) in [5.41, 5.74) is 8.45. The van der Waals surface area contributed by atoms with Gasteiger partial charge in [0.05, 0.1) is 12.4 Å². The van der Waals surface area contributed by atoms with Crippen LogP contribution in [-0.4, -0.2) is 26.6 Å². The summed E-state index contributed by atoms with van der Waals surface area (Å²) in [5.74, 6) is 0.236. The summed E-state index contributed by atoms with van der Waals surface area (Å²) in [7, 11) is 2.00. The van der Waals surface area contributed by atoms with Gasteiger partial charge in [0, 0.05) is 42.1 Å². The van der Waals surface area contributed by atoms with Gasteiger partial charge in [-0.25, -0.2) is 4.98 Å². The molecule has 0 atom stereocenters. The van der Waals surface area contributed by atoms with Crippen molar-refractivity contribution in [3.8, 4) is 0 Å². The Morgan fingerprint density at radius 1 is 1.29 bits per heavy atom. The predicted octanol–water partition coefficient (Wildman–Crippen LogP) is 1.71. The summed E-state index contributed by atoms with van der Waals surface area (Å²) in [6, 6.07) is 8.11. The van der Waals surface area contributed by atoms with E-state index >= 15 is 0 Å². The van der Waals surface area contributed by atoms with Crippen molar-refractivity contribution in [3.05, 3.63) is 60.3 Å². The van der Waals surface area contributed by atoms with Crippen LogP contribution in [0.4, 0.5) is 0 Å². The van der Waals surface area contributed by atoms with Crippen molar-refractivity contribution in [2.75, 3.05) is 0 Å². The zero-order valence-electron chi connectivity index (χ0n) is 11.5. The largest absolute Gasteiger partial charge is 0.380 e. The van der Waals surface area contributed by atoms with Crippen LogP contribution in [-0.2, 0) is 7.05 Å². The standard InChI is InChI=1S/C15H14N6/c1-21-10-11(12-4-2-3-5-14(12)21)8-19-20-15(16)13-9-17-6-7-18-13/h2-10H,1H3,(H2,16,20)/b19-8+. The van der Waals surface area contributed by atoms with Crippen molar-refractivity contribution < 1.29 is 0 Å². The van der Waals surface area contributed by atoms with E-state index in [4.69, 9.17) is 5.73 Å². The Kier molecular flexibility index (Phi) is 3.42. The highest BCUT2D eigenvalue weighted by Gasteiger charge is 2.03. The minimum Gasteiger partial charge on any atom is -0.380 e. The lowest BCUT2D eigenvalue weighted by atomic mass is 10.2. The van der Waals surface area contributed by atoms with Crippen molar-refractivity contribution in [2.24, 2.45) is 23.0 Å². The Morgan fingerprint density at radius 3 is 2.95 bits per heavy atom. The Balaban J connectivity index is 1.89. The molecule has 0 aliphatic rings.